The van der Waals surface area contributed by atoms with Crippen molar-refractivity contribution in [1.82, 2.24) is 20.5 Å². The summed E-state index contributed by atoms with van der Waals surface area (Å²) in [4.78, 5) is 30.5. The summed E-state index contributed by atoms with van der Waals surface area (Å²) >= 11 is 0. The average Bonchev–Trinajstić information content (AvgIpc) is 2.54. The third-order valence-corrected chi connectivity index (χ3v) is 3.96. The van der Waals surface area contributed by atoms with E-state index in [0.29, 0.717) is 11.3 Å². The number of aromatic nitrogens is 3. The van der Waals surface area contributed by atoms with Gasteiger partial charge < -0.3 is 15.3 Å². The van der Waals surface area contributed by atoms with Crippen molar-refractivity contribution < 1.29 is 9.90 Å². The fraction of sp³-hybridized carbons (Fsp3) is 0.412. The second kappa shape index (κ2) is 7.02. The molecule has 0 aromatic carbocycles. The molecule has 2 aromatic rings. The summed E-state index contributed by atoms with van der Waals surface area (Å²) in [7, 11) is 3.76. The van der Waals surface area contributed by atoms with E-state index >= 15 is 0 Å². The van der Waals surface area contributed by atoms with E-state index in [1.165, 1.54) is 6.07 Å². The first kappa shape index (κ1) is 18.6. The maximum Gasteiger partial charge on any atom is 0.277 e. The smallest absolute Gasteiger partial charge is 0.277 e. The normalized spacial score (nSPS) is 12.6. The molecule has 0 saturated carbocycles. The average molecular weight is 345 g/mol. The minimum absolute atomic E-state index is 0.0715. The molecule has 8 nitrogen and oxygen atoms in total. The zero-order chi connectivity index (χ0) is 18.8. The van der Waals surface area contributed by atoms with Gasteiger partial charge >= 0.3 is 0 Å². The van der Waals surface area contributed by atoms with E-state index < -0.39 is 23.1 Å². The second-order valence-electron chi connectivity index (χ2n) is 6.64. The summed E-state index contributed by atoms with van der Waals surface area (Å²) in [5.41, 5.74) is -0.672. The van der Waals surface area contributed by atoms with Gasteiger partial charge in [-0.05, 0) is 39.0 Å². The number of nitrogens with one attached hydrogen (secondary N) is 2. The highest BCUT2D eigenvalue weighted by Crippen LogP contribution is 2.18. The summed E-state index contributed by atoms with van der Waals surface area (Å²) in [5, 5.41) is 18.9. The van der Waals surface area contributed by atoms with Crippen LogP contribution >= 0.6 is 0 Å². The first-order valence-electron chi connectivity index (χ1n) is 7.86. The molecule has 0 saturated heterocycles. The van der Waals surface area contributed by atoms with Crippen molar-refractivity contribution in [2.24, 2.45) is 0 Å². The van der Waals surface area contributed by atoms with Crippen molar-refractivity contribution in [1.29, 1.82) is 0 Å². The minimum atomic E-state index is -1.11. The van der Waals surface area contributed by atoms with E-state index in [1.54, 1.807) is 27.0 Å². The lowest BCUT2D eigenvalue weighted by Gasteiger charge is -2.26. The summed E-state index contributed by atoms with van der Waals surface area (Å²) < 4.78 is 0. The topological polar surface area (TPSA) is 111 Å². The highest BCUT2D eigenvalue weighted by molar-refractivity contribution is 5.94. The molecular formula is C17H23N5O3. The Bertz CT molecular complexity index is 806. The SMILES string of the molecule is C[C@@H](NC(=O)c1cc(-c2ccc(N(C)C)nc2)n[nH]c1=O)C(C)(C)O. The number of nitrogens with zero attached hydrogens (tertiary/aromatic N) is 3. The summed E-state index contributed by atoms with van der Waals surface area (Å²) in [6.07, 6.45) is 1.62. The molecule has 0 radical (unpaired) electrons. The molecule has 2 aromatic heterocycles. The molecule has 0 aliphatic carbocycles. The maximum atomic E-state index is 12.4. The van der Waals surface area contributed by atoms with E-state index in [1.807, 2.05) is 31.1 Å². The van der Waals surface area contributed by atoms with Gasteiger partial charge in [0.25, 0.3) is 11.5 Å². The Morgan fingerprint density at radius 1 is 1.36 bits per heavy atom. The Kier molecular flexibility index (Phi) is 5.22. The van der Waals surface area contributed by atoms with Crippen LogP contribution in [0.4, 0.5) is 5.82 Å². The van der Waals surface area contributed by atoms with Gasteiger partial charge in [0.1, 0.15) is 11.4 Å². The lowest BCUT2D eigenvalue weighted by molar-refractivity contribution is 0.0408. The third-order valence-electron chi connectivity index (χ3n) is 3.96. The van der Waals surface area contributed by atoms with Gasteiger partial charge in [-0.15, -0.1) is 0 Å². The molecular weight excluding hydrogens is 322 g/mol. The van der Waals surface area contributed by atoms with E-state index in [9.17, 15) is 14.7 Å². The number of aliphatic hydroxyl groups is 1. The number of pyridine rings is 1. The highest BCUT2D eigenvalue weighted by atomic mass is 16.3. The zero-order valence-electron chi connectivity index (χ0n) is 15.0. The van der Waals surface area contributed by atoms with Gasteiger partial charge in [-0.2, -0.15) is 5.10 Å². The molecule has 0 unspecified atom stereocenters. The molecule has 8 heteroatoms. The van der Waals surface area contributed by atoms with Crippen molar-refractivity contribution in [2.45, 2.75) is 32.4 Å². The number of carbonyl (C=O) groups excluding carboxylic acids is 1. The molecule has 0 aliphatic heterocycles. The van der Waals surface area contributed by atoms with Crippen molar-refractivity contribution in [3.05, 3.63) is 40.3 Å². The van der Waals surface area contributed by atoms with Gasteiger partial charge in [-0.25, -0.2) is 10.1 Å². The first-order valence-corrected chi connectivity index (χ1v) is 7.86. The molecule has 134 valence electrons. The zero-order valence-corrected chi connectivity index (χ0v) is 15.0. The van der Waals surface area contributed by atoms with Gasteiger partial charge in [0.15, 0.2) is 0 Å². The Balaban J connectivity index is 2.31. The number of rotatable bonds is 5. The Morgan fingerprint density at radius 2 is 2.04 bits per heavy atom. The van der Waals surface area contributed by atoms with Crippen molar-refractivity contribution in [3.63, 3.8) is 0 Å². The van der Waals surface area contributed by atoms with E-state index in [0.717, 1.165) is 5.82 Å². The van der Waals surface area contributed by atoms with Crippen LogP contribution in [-0.2, 0) is 0 Å². The fourth-order valence-corrected chi connectivity index (χ4v) is 1.98. The second-order valence-corrected chi connectivity index (χ2v) is 6.64. The lowest BCUT2D eigenvalue weighted by Crippen LogP contribution is -2.48. The molecule has 2 rings (SSSR count). The number of hydrogen-bond donors (Lipinski definition) is 3. The van der Waals surface area contributed by atoms with Crippen LogP contribution in [0, 0.1) is 0 Å². The van der Waals surface area contributed by atoms with Gasteiger partial charge in [-0.1, -0.05) is 0 Å². The highest BCUT2D eigenvalue weighted by Gasteiger charge is 2.25. The van der Waals surface area contributed by atoms with Crippen LogP contribution in [0.2, 0.25) is 0 Å². The predicted molar refractivity (Wildman–Crippen MR) is 95.6 cm³/mol. The van der Waals surface area contributed by atoms with Crippen LogP contribution in [-0.4, -0.2) is 51.9 Å². The van der Waals surface area contributed by atoms with E-state index in [2.05, 4.69) is 20.5 Å². The van der Waals surface area contributed by atoms with E-state index in [4.69, 9.17) is 0 Å². The third kappa shape index (κ3) is 4.42. The fourth-order valence-electron chi connectivity index (χ4n) is 1.98. The van der Waals surface area contributed by atoms with Gasteiger partial charge in [0, 0.05) is 25.9 Å². The summed E-state index contributed by atoms with van der Waals surface area (Å²) in [5.74, 6) is 0.211. The Labute approximate surface area is 145 Å². The quantitative estimate of drug-likeness (QED) is 0.739. The van der Waals surface area contributed by atoms with Crippen LogP contribution in [0.15, 0.2) is 29.2 Å². The van der Waals surface area contributed by atoms with E-state index in [-0.39, 0.29) is 5.56 Å². The molecule has 0 bridgehead atoms. The number of aromatic amines is 1. The molecule has 0 spiro atoms. The van der Waals surface area contributed by atoms with Crippen molar-refractivity contribution in [2.75, 3.05) is 19.0 Å². The number of anilines is 1. The number of H-pyrrole nitrogens is 1. The first-order chi connectivity index (χ1) is 11.6. The number of hydrogen-bond acceptors (Lipinski definition) is 6. The largest absolute Gasteiger partial charge is 0.388 e. The van der Waals surface area contributed by atoms with Crippen LogP contribution in [0.3, 0.4) is 0 Å². The molecule has 1 atom stereocenters. The summed E-state index contributed by atoms with van der Waals surface area (Å²) in [6, 6.07) is 4.51. The monoisotopic (exact) mass is 345 g/mol. The van der Waals surface area contributed by atoms with Crippen LogP contribution in [0.5, 0.6) is 0 Å². The minimum Gasteiger partial charge on any atom is -0.388 e. The van der Waals surface area contributed by atoms with Crippen LogP contribution in [0.25, 0.3) is 11.3 Å². The predicted octanol–water partition coefficient (Wildman–Crippen LogP) is 0.787. The molecule has 2 heterocycles. The number of amides is 1. The molecule has 25 heavy (non-hydrogen) atoms. The molecule has 0 fully saturated rings. The summed E-state index contributed by atoms with van der Waals surface area (Å²) in [6.45, 7) is 4.83. The standard InChI is InChI=1S/C17H23N5O3/c1-10(17(2,3)25)19-15(23)12-8-13(20-21-16(12)24)11-6-7-14(18-9-11)22(4)5/h6-10,25H,1-5H3,(H,19,23)(H,21,24)/t10-/m1/s1. The molecule has 3 N–H and O–H groups in total. The van der Waals surface area contributed by atoms with Crippen LogP contribution < -0.4 is 15.8 Å². The van der Waals surface area contributed by atoms with Crippen molar-refractivity contribution in [3.8, 4) is 11.3 Å². The van der Waals surface area contributed by atoms with Crippen LogP contribution in [0.1, 0.15) is 31.1 Å². The van der Waals surface area contributed by atoms with Crippen molar-refractivity contribution >= 4 is 11.7 Å². The molecule has 1 amide bonds. The Morgan fingerprint density at radius 3 is 2.56 bits per heavy atom. The van der Waals surface area contributed by atoms with Gasteiger partial charge in [0.05, 0.1) is 17.3 Å². The van der Waals surface area contributed by atoms with Gasteiger partial charge in [-0.3, -0.25) is 9.59 Å². The molecule has 0 aliphatic rings. The Hall–Kier alpha value is -2.74. The van der Waals surface area contributed by atoms with Gasteiger partial charge in [0.2, 0.25) is 0 Å². The number of carbonyl (C=O) groups is 1. The lowest BCUT2D eigenvalue weighted by atomic mass is 10.0. The maximum absolute atomic E-state index is 12.4.